The normalized spacial score (nSPS) is 16.0. The van der Waals surface area contributed by atoms with Gasteiger partial charge in [-0.05, 0) is 54.0 Å². The quantitative estimate of drug-likeness (QED) is 0.604. The third kappa shape index (κ3) is 4.11. The number of allylic oxidation sites excluding steroid dienone is 2. The highest BCUT2D eigenvalue weighted by molar-refractivity contribution is 7.13. The Balaban J connectivity index is 1.50. The van der Waals surface area contributed by atoms with Gasteiger partial charge in [0.25, 0.3) is 11.8 Å². The van der Waals surface area contributed by atoms with Crippen LogP contribution in [0, 0.1) is 5.92 Å². The summed E-state index contributed by atoms with van der Waals surface area (Å²) in [6, 6.07) is 9.01. The first kappa shape index (κ1) is 19.8. The molecule has 0 saturated carbocycles. The van der Waals surface area contributed by atoms with E-state index in [4.69, 9.17) is 14.3 Å². The zero-order valence-electron chi connectivity index (χ0n) is 16.1. The number of methoxy groups -OCH3 is 1. The summed E-state index contributed by atoms with van der Waals surface area (Å²) in [6.45, 7) is 0. The summed E-state index contributed by atoms with van der Waals surface area (Å²) in [5.74, 6) is -0.786. The van der Waals surface area contributed by atoms with Crippen LogP contribution in [0.4, 0.5) is 6.01 Å². The fourth-order valence-corrected chi connectivity index (χ4v) is 3.98. The van der Waals surface area contributed by atoms with Crippen LogP contribution in [-0.2, 0) is 4.79 Å². The van der Waals surface area contributed by atoms with E-state index in [1.165, 1.54) is 18.4 Å². The molecular formula is C21H19N3O5S. The lowest BCUT2D eigenvalue weighted by molar-refractivity contribution is -0.141. The predicted octanol–water partition coefficient (Wildman–Crippen LogP) is 4.33. The highest BCUT2D eigenvalue weighted by atomic mass is 32.1. The molecule has 4 rings (SSSR count). The number of nitrogens with one attached hydrogen (secondary N) is 1. The molecule has 0 saturated heterocycles. The average Bonchev–Trinajstić information content (AvgIpc) is 3.45. The number of carbonyl (C=O) groups is 2. The van der Waals surface area contributed by atoms with E-state index < -0.39 is 11.9 Å². The molecule has 3 aromatic rings. The molecule has 1 aliphatic rings. The van der Waals surface area contributed by atoms with Crippen molar-refractivity contribution in [2.45, 2.75) is 19.3 Å². The molecular weight excluding hydrogens is 406 g/mol. The zero-order valence-corrected chi connectivity index (χ0v) is 16.9. The van der Waals surface area contributed by atoms with Gasteiger partial charge in [-0.25, -0.2) is 0 Å². The lowest BCUT2D eigenvalue weighted by atomic mass is 9.86. The van der Waals surface area contributed by atoms with Crippen molar-refractivity contribution in [2.75, 3.05) is 12.4 Å². The van der Waals surface area contributed by atoms with Crippen LogP contribution in [-0.4, -0.2) is 34.3 Å². The van der Waals surface area contributed by atoms with E-state index in [-0.39, 0.29) is 11.9 Å². The lowest BCUT2D eigenvalue weighted by Gasteiger charge is -2.19. The summed E-state index contributed by atoms with van der Waals surface area (Å²) >= 11 is 1.46. The van der Waals surface area contributed by atoms with Crippen LogP contribution in [0.15, 0.2) is 46.2 Å². The monoisotopic (exact) mass is 425 g/mol. The fourth-order valence-electron chi connectivity index (χ4n) is 3.34. The van der Waals surface area contributed by atoms with Crippen LogP contribution in [0.25, 0.3) is 16.3 Å². The van der Waals surface area contributed by atoms with Crippen molar-refractivity contribution < 1.29 is 23.8 Å². The van der Waals surface area contributed by atoms with E-state index >= 15 is 0 Å². The Morgan fingerprint density at radius 3 is 2.83 bits per heavy atom. The van der Waals surface area contributed by atoms with Crippen molar-refractivity contribution in [3.63, 3.8) is 0 Å². The standard InChI is InChI=1S/C21H19N3O5S/c1-28-16-11-14(12-4-6-13(7-5-12)20(26)27)8-9-15(16)18(25)22-21-24-23-19(29-21)17-3-2-10-30-17/h2-4,8-11,13H,5-7H2,1H3,(H,26,27)(H,22,24,25). The average molecular weight is 425 g/mol. The number of amides is 1. The first-order chi connectivity index (χ1) is 14.5. The molecule has 0 spiro atoms. The molecule has 154 valence electrons. The van der Waals surface area contributed by atoms with E-state index in [1.807, 2.05) is 29.7 Å². The van der Waals surface area contributed by atoms with Crippen LogP contribution >= 0.6 is 11.3 Å². The number of benzene rings is 1. The highest BCUT2D eigenvalue weighted by Gasteiger charge is 2.22. The van der Waals surface area contributed by atoms with Gasteiger partial charge in [0.15, 0.2) is 0 Å². The number of carbonyl (C=O) groups excluding carboxylic acids is 1. The van der Waals surface area contributed by atoms with Gasteiger partial charge in [-0.15, -0.1) is 16.4 Å². The van der Waals surface area contributed by atoms with Gasteiger partial charge in [0.1, 0.15) is 5.75 Å². The molecule has 1 unspecified atom stereocenters. The number of aromatic nitrogens is 2. The molecule has 0 bridgehead atoms. The van der Waals surface area contributed by atoms with Gasteiger partial charge >= 0.3 is 12.0 Å². The second-order valence-electron chi connectivity index (χ2n) is 6.80. The minimum Gasteiger partial charge on any atom is -0.496 e. The van der Waals surface area contributed by atoms with Crippen LogP contribution in [0.2, 0.25) is 0 Å². The van der Waals surface area contributed by atoms with Crippen molar-refractivity contribution in [3.8, 4) is 16.5 Å². The number of hydrogen-bond acceptors (Lipinski definition) is 7. The molecule has 2 aromatic heterocycles. The van der Waals surface area contributed by atoms with Crippen molar-refractivity contribution in [3.05, 3.63) is 52.9 Å². The maximum Gasteiger partial charge on any atom is 0.322 e. The minimum absolute atomic E-state index is 0.00392. The first-order valence-electron chi connectivity index (χ1n) is 9.34. The van der Waals surface area contributed by atoms with Crippen LogP contribution in [0.5, 0.6) is 5.75 Å². The third-order valence-corrected chi connectivity index (χ3v) is 5.81. The number of rotatable bonds is 6. The molecule has 2 N–H and O–H groups in total. The van der Waals surface area contributed by atoms with E-state index in [9.17, 15) is 9.59 Å². The molecule has 1 amide bonds. The zero-order chi connectivity index (χ0) is 21.1. The largest absolute Gasteiger partial charge is 0.496 e. The summed E-state index contributed by atoms with van der Waals surface area (Å²) in [5, 5.41) is 21.4. The Morgan fingerprint density at radius 2 is 2.17 bits per heavy atom. The van der Waals surface area contributed by atoms with Crippen molar-refractivity contribution in [1.82, 2.24) is 10.2 Å². The topological polar surface area (TPSA) is 115 Å². The number of hydrogen-bond donors (Lipinski definition) is 2. The molecule has 1 atom stereocenters. The van der Waals surface area contributed by atoms with Gasteiger partial charge < -0.3 is 14.3 Å². The van der Waals surface area contributed by atoms with Gasteiger partial charge in [0.2, 0.25) is 0 Å². The number of thiophene rings is 1. The fraction of sp³-hybridized carbons (Fsp3) is 0.238. The molecule has 1 aromatic carbocycles. The summed E-state index contributed by atoms with van der Waals surface area (Å²) in [5.41, 5.74) is 2.29. The first-order valence-corrected chi connectivity index (χ1v) is 10.2. The number of anilines is 1. The number of carboxylic acids is 1. The number of nitrogens with zero attached hydrogens (tertiary/aromatic N) is 2. The van der Waals surface area contributed by atoms with E-state index in [0.717, 1.165) is 16.0 Å². The Morgan fingerprint density at radius 1 is 1.30 bits per heavy atom. The molecule has 0 aliphatic heterocycles. The van der Waals surface area contributed by atoms with E-state index in [0.29, 0.717) is 36.5 Å². The summed E-state index contributed by atoms with van der Waals surface area (Å²) < 4.78 is 10.9. The summed E-state index contributed by atoms with van der Waals surface area (Å²) in [7, 11) is 1.49. The van der Waals surface area contributed by atoms with Crippen LogP contribution in [0.1, 0.15) is 35.2 Å². The highest BCUT2D eigenvalue weighted by Crippen LogP contribution is 2.33. The van der Waals surface area contributed by atoms with Crippen molar-refractivity contribution in [2.24, 2.45) is 5.92 Å². The van der Waals surface area contributed by atoms with Gasteiger partial charge in [-0.2, -0.15) is 0 Å². The Kier molecular flexibility index (Phi) is 5.62. The minimum atomic E-state index is -0.766. The maximum atomic E-state index is 12.7. The lowest BCUT2D eigenvalue weighted by Crippen LogP contribution is -2.16. The molecule has 30 heavy (non-hydrogen) atoms. The molecule has 0 fully saturated rings. The van der Waals surface area contributed by atoms with Gasteiger partial charge in [-0.3, -0.25) is 14.9 Å². The molecule has 0 radical (unpaired) electrons. The van der Waals surface area contributed by atoms with E-state index in [1.54, 1.807) is 12.1 Å². The van der Waals surface area contributed by atoms with Gasteiger partial charge in [0, 0.05) is 0 Å². The third-order valence-electron chi connectivity index (χ3n) is 4.95. The SMILES string of the molecule is COc1cc(C2=CCC(C(=O)O)CC2)ccc1C(=O)Nc1nnc(-c2cccs2)o1. The Hall–Kier alpha value is -3.46. The molecule has 2 heterocycles. The van der Waals surface area contributed by atoms with Crippen LogP contribution < -0.4 is 10.1 Å². The predicted molar refractivity (Wildman–Crippen MR) is 112 cm³/mol. The Bertz CT molecular complexity index is 1100. The van der Waals surface area contributed by atoms with E-state index in [2.05, 4.69) is 15.5 Å². The van der Waals surface area contributed by atoms with Crippen molar-refractivity contribution in [1.29, 1.82) is 0 Å². The van der Waals surface area contributed by atoms with Gasteiger partial charge in [-0.1, -0.05) is 23.3 Å². The molecule has 9 heteroatoms. The van der Waals surface area contributed by atoms with Gasteiger partial charge in [0.05, 0.1) is 23.5 Å². The second kappa shape index (κ2) is 8.50. The summed E-state index contributed by atoms with van der Waals surface area (Å²) in [6.07, 6.45) is 3.70. The Labute approximate surface area is 176 Å². The second-order valence-corrected chi connectivity index (χ2v) is 7.75. The number of aliphatic carboxylic acids is 1. The van der Waals surface area contributed by atoms with Crippen molar-refractivity contribution >= 4 is 34.8 Å². The maximum absolute atomic E-state index is 12.7. The smallest absolute Gasteiger partial charge is 0.322 e. The summed E-state index contributed by atoms with van der Waals surface area (Å²) in [4.78, 5) is 24.6. The molecule has 8 nitrogen and oxygen atoms in total. The number of carboxylic acid groups (broad SMARTS) is 1. The van der Waals surface area contributed by atoms with Crippen LogP contribution in [0.3, 0.4) is 0 Å². The number of ether oxygens (including phenoxy) is 1. The molecule has 1 aliphatic carbocycles.